The molecule has 0 aliphatic carbocycles. The summed E-state index contributed by atoms with van der Waals surface area (Å²) in [5, 5.41) is 25.6. The Kier molecular flexibility index (Phi) is 15.1. The molecule has 0 bridgehead atoms. The second kappa shape index (κ2) is 20.6. The first kappa shape index (κ1) is 49.1. The van der Waals surface area contributed by atoms with E-state index >= 15 is 0 Å². The molecule has 3 aromatic heterocycles. The number of thioether (sulfide) groups is 1. The predicted molar refractivity (Wildman–Crippen MR) is 261 cm³/mol. The number of hydrogen-bond acceptors (Lipinski definition) is 22. The molecule has 0 fully saturated rings. The van der Waals surface area contributed by atoms with Gasteiger partial charge < -0.3 is 20.4 Å². The van der Waals surface area contributed by atoms with E-state index in [2.05, 4.69) is 64.6 Å². The lowest BCUT2D eigenvalue weighted by Crippen LogP contribution is -2.21. The van der Waals surface area contributed by atoms with Gasteiger partial charge >= 0.3 is 0 Å². The van der Waals surface area contributed by atoms with Gasteiger partial charge in [0, 0.05) is 54.1 Å². The van der Waals surface area contributed by atoms with E-state index in [4.69, 9.17) is 0 Å². The minimum Gasteiger partial charge on any atom is -0.372 e. The standard InChI is InChI=1S/C39H41N13O9S6/c1-5-51(6-2)23-9-13-31(45-47-35-27-21-25(66(56,57)58)11-15-29(27)49-63-35)33(19-23)40-37-42-38(44-39(43-37)62-17-18-65(53,54)55)41-34-20-24(52(7-3)8-4)10-14-32(34)46-48-36-28-22-26(67(59,60)61)12-16-30(28)50-64-36/h9-16,19-22H,5-8,17-18H2,1-4H3,(H,53,54,55)(H,56,57,58)(H,59,60,61)(H2,40,41,42,43,44). The quantitative estimate of drug-likeness (QED) is 0.0269. The minimum atomic E-state index is -4.51. The Labute approximate surface area is 397 Å². The maximum atomic E-state index is 11.9. The highest BCUT2D eigenvalue weighted by Crippen LogP contribution is 2.39. The van der Waals surface area contributed by atoms with E-state index in [1.54, 1.807) is 12.1 Å². The van der Waals surface area contributed by atoms with Crippen molar-refractivity contribution in [3.05, 3.63) is 72.8 Å². The molecule has 0 amide bonds. The molecule has 7 aromatic rings. The third kappa shape index (κ3) is 12.2. The zero-order valence-electron chi connectivity index (χ0n) is 35.8. The van der Waals surface area contributed by atoms with E-state index < -0.39 is 36.1 Å². The SMILES string of the molecule is CCN(CC)c1ccc(N=Nc2snc3ccc(S(=O)(=O)O)cc23)c(Nc2nc(Nc3cc(N(CC)CC)ccc3N=Nc3snc4ccc(S(=O)(=O)O)cc34)nc(SCCS(=O)(=O)O)n2)c1. The number of rotatable bonds is 20. The Hall–Kier alpha value is -5.85. The van der Waals surface area contributed by atoms with Gasteiger partial charge in [0.2, 0.25) is 11.9 Å². The van der Waals surface area contributed by atoms with E-state index in [9.17, 15) is 38.9 Å². The largest absolute Gasteiger partial charge is 0.372 e. The number of azo groups is 2. The van der Waals surface area contributed by atoms with Crippen LogP contribution < -0.4 is 20.4 Å². The third-order valence-electron chi connectivity index (χ3n) is 9.85. The molecule has 28 heteroatoms. The zero-order chi connectivity index (χ0) is 48.1. The molecule has 7 rings (SSSR count). The molecule has 0 aliphatic rings. The number of nitrogens with one attached hydrogen (secondary N) is 2. The van der Waals surface area contributed by atoms with Crippen molar-refractivity contribution in [2.45, 2.75) is 42.6 Å². The van der Waals surface area contributed by atoms with Crippen molar-refractivity contribution in [1.82, 2.24) is 23.7 Å². The second-order valence-electron chi connectivity index (χ2n) is 14.1. The van der Waals surface area contributed by atoms with Crippen LogP contribution in [0.5, 0.6) is 0 Å². The maximum absolute atomic E-state index is 11.9. The van der Waals surface area contributed by atoms with Gasteiger partial charge in [-0.05, 0) is 124 Å². The lowest BCUT2D eigenvalue weighted by atomic mass is 10.2. The van der Waals surface area contributed by atoms with Gasteiger partial charge in [0.25, 0.3) is 30.4 Å². The highest BCUT2D eigenvalue weighted by atomic mass is 32.2. The fourth-order valence-corrected chi connectivity index (χ4v) is 10.5. The Bertz CT molecular complexity index is 3160. The predicted octanol–water partition coefficient (Wildman–Crippen LogP) is 9.57. The Morgan fingerprint density at radius 3 is 1.40 bits per heavy atom. The van der Waals surface area contributed by atoms with Crippen LogP contribution in [-0.2, 0) is 30.4 Å². The average Bonchev–Trinajstić information content (AvgIpc) is 3.89. The zero-order valence-corrected chi connectivity index (χ0v) is 40.7. The van der Waals surface area contributed by atoms with E-state index in [0.717, 1.165) is 46.2 Å². The van der Waals surface area contributed by atoms with Crippen molar-refractivity contribution in [2.75, 3.05) is 58.1 Å². The molecule has 0 saturated heterocycles. The first-order valence-corrected chi connectivity index (χ1v) is 27.1. The second-order valence-corrected chi connectivity index (χ2v) is 21.1. The summed E-state index contributed by atoms with van der Waals surface area (Å²) >= 11 is 2.91. The fourth-order valence-electron chi connectivity index (χ4n) is 6.48. The van der Waals surface area contributed by atoms with E-state index in [1.165, 1.54) is 36.4 Å². The topological polar surface area (TPSA) is 308 Å². The van der Waals surface area contributed by atoms with Crippen LogP contribution in [0.25, 0.3) is 21.8 Å². The summed E-state index contributed by atoms with van der Waals surface area (Å²) in [5.41, 5.74) is 3.93. The molecular formula is C39H41N13O9S6. The molecule has 0 unspecified atom stereocenters. The van der Waals surface area contributed by atoms with Gasteiger partial charge in [-0.15, -0.1) is 20.5 Å². The van der Waals surface area contributed by atoms with E-state index in [-0.39, 0.29) is 42.6 Å². The molecule has 0 atom stereocenters. The van der Waals surface area contributed by atoms with Crippen LogP contribution in [0.15, 0.2) is 108 Å². The van der Waals surface area contributed by atoms with Crippen molar-refractivity contribution >= 4 is 143 Å². The van der Waals surface area contributed by atoms with Crippen molar-refractivity contribution in [1.29, 1.82) is 0 Å². The lowest BCUT2D eigenvalue weighted by Gasteiger charge is -2.22. The van der Waals surface area contributed by atoms with Crippen LogP contribution >= 0.6 is 34.8 Å². The lowest BCUT2D eigenvalue weighted by molar-refractivity contribution is 0.481. The van der Waals surface area contributed by atoms with Crippen LogP contribution in [-0.4, -0.2) is 100 Å². The summed E-state index contributed by atoms with van der Waals surface area (Å²) in [5.74, 6) is -0.706. The molecule has 0 saturated carbocycles. The third-order valence-corrected chi connectivity index (χ3v) is 14.9. The van der Waals surface area contributed by atoms with Crippen LogP contribution in [0.4, 0.5) is 56.0 Å². The number of aromatic nitrogens is 5. The highest BCUT2D eigenvalue weighted by Gasteiger charge is 2.19. The van der Waals surface area contributed by atoms with Gasteiger partial charge in [-0.1, -0.05) is 11.8 Å². The van der Waals surface area contributed by atoms with E-state index in [1.807, 2.05) is 52.0 Å². The molecule has 5 N–H and O–H groups in total. The number of fused-ring (bicyclic) bond motifs is 2. The molecule has 0 radical (unpaired) electrons. The van der Waals surface area contributed by atoms with Gasteiger partial charge in [-0.3, -0.25) is 13.7 Å². The van der Waals surface area contributed by atoms with Crippen molar-refractivity contribution in [3.63, 3.8) is 0 Å². The first-order valence-electron chi connectivity index (χ1n) is 20.1. The summed E-state index contributed by atoms with van der Waals surface area (Å²) in [6, 6.07) is 18.7. The summed E-state index contributed by atoms with van der Waals surface area (Å²) in [6.07, 6.45) is 0. The summed E-state index contributed by atoms with van der Waals surface area (Å²) in [7, 11) is -13.3. The van der Waals surface area contributed by atoms with Crippen LogP contribution in [0.3, 0.4) is 0 Å². The highest BCUT2D eigenvalue weighted by molar-refractivity contribution is 8.00. The van der Waals surface area contributed by atoms with Gasteiger partial charge in [0.15, 0.2) is 15.2 Å². The van der Waals surface area contributed by atoms with Crippen molar-refractivity contribution < 1.29 is 38.9 Å². The summed E-state index contributed by atoms with van der Waals surface area (Å²) < 4.78 is 108. The minimum absolute atomic E-state index is 0.00474. The first-order chi connectivity index (χ1) is 31.8. The molecule has 0 spiro atoms. The van der Waals surface area contributed by atoms with Gasteiger partial charge in [-0.25, -0.2) is 0 Å². The van der Waals surface area contributed by atoms with Gasteiger partial charge in [0.05, 0.1) is 38.0 Å². The van der Waals surface area contributed by atoms with Crippen molar-refractivity contribution in [3.8, 4) is 0 Å². The number of nitrogens with zero attached hydrogens (tertiary/aromatic N) is 11. The maximum Gasteiger partial charge on any atom is 0.294 e. The van der Waals surface area contributed by atoms with Crippen molar-refractivity contribution in [2.24, 2.45) is 20.5 Å². The monoisotopic (exact) mass is 1030 g/mol. The van der Waals surface area contributed by atoms with Gasteiger partial charge in [-0.2, -0.15) is 49.0 Å². The van der Waals surface area contributed by atoms with Gasteiger partial charge in [0.1, 0.15) is 11.4 Å². The van der Waals surface area contributed by atoms with Crippen LogP contribution in [0.2, 0.25) is 0 Å². The normalized spacial score (nSPS) is 12.5. The number of anilines is 6. The molecular weight excluding hydrogens is 987 g/mol. The molecule has 0 aliphatic heterocycles. The molecule has 3 heterocycles. The Balaban J connectivity index is 1.30. The smallest absolute Gasteiger partial charge is 0.294 e. The average molecular weight is 1030 g/mol. The van der Waals surface area contributed by atoms with Crippen LogP contribution in [0, 0.1) is 0 Å². The molecule has 67 heavy (non-hydrogen) atoms. The van der Waals surface area contributed by atoms with Crippen LogP contribution in [0.1, 0.15) is 27.7 Å². The number of hydrogen-bond donors (Lipinski definition) is 5. The Morgan fingerprint density at radius 2 is 1.01 bits per heavy atom. The number of benzene rings is 4. The molecule has 22 nitrogen and oxygen atoms in total. The summed E-state index contributed by atoms with van der Waals surface area (Å²) in [4.78, 5) is 17.4. The molecule has 352 valence electrons. The summed E-state index contributed by atoms with van der Waals surface area (Å²) in [6.45, 7) is 10.7. The molecule has 4 aromatic carbocycles. The van der Waals surface area contributed by atoms with E-state index in [0.29, 0.717) is 70.7 Å². The Morgan fingerprint density at radius 1 is 0.582 bits per heavy atom. The fraction of sp³-hybridized carbons (Fsp3) is 0.256.